The molecule has 0 spiro atoms. The van der Waals surface area contributed by atoms with Gasteiger partial charge >= 0.3 is 0 Å². The lowest BCUT2D eigenvalue weighted by Crippen LogP contribution is -2.45. The van der Waals surface area contributed by atoms with Crippen LogP contribution in [0.4, 0.5) is 5.69 Å². The van der Waals surface area contributed by atoms with Crippen LogP contribution in [0, 0.1) is 6.33 Å². The molecule has 3 aromatic carbocycles. The van der Waals surface area contributed by atoms with Gasteiger partial charge in [0.05, 0.1) is 16.7 Å². The van der Waals surface area contributed by atoms with E-state index in [1.54, 1.807) is 42.5 Å². The fourth-order valence-electron chi connectivity index (χ4n) is 4.10. The summed E-state index contributed by atoms with van der Waals surface area (Å²) in [6.07, 6.45) is 2.72. The molecule has 0 saturated carbocycles. The first-order valence-electron chi connectivity index (χ1n) is 10.4. The molecule has 32 heavy (non-hydrogen) atoms. The fourth-order valence-corrected chi connectivity index (χ4v) is 4.10. The summed E-state index contributed by atoms with van der Waals surface area (Å²) in [6.45, 7) is 1.28. The highest BCUT2D eigenvalue weighted by Crippen LogP contribution is 2.45. The Labute approximate surface area is 185 Å². The van der Waals surface area contributed by atoms with Gasteiger partial charge in [0.2, 0.25) is 0 Å². The number of ether oxygens (including phenoxy) is 1. The number of benzene rings is 3. The zero-order valence-electron chi connectivity index (χ0n) is 17.9. The first-order chi connectivity index (χ1) is 15.5. The summed E-state index contributed by atoms with van der Waals surface area (Å²) in [4.78, 5) is 24.1. The summed E-state index contributed by atoms with van der Waals surface area (Å²) >= 11 is 0. The molecule has 7 nitrogen and oxygen atoms in total. The molecule has 0 fully saturated rings. The van der Waals surface area contributed by atoms with Crippen molar-refractivity contribution in [1.29, 1.82) is 0 Å². The number of aromatic amines is 1. The van der Waals surface area contributed by atoms with Crippen LogP contribution in [-0.4, -0.2) is 53.1 Å². The number of carbonyl (C=O) groups is 1. The number of nitrogens with one attached hydrogen (secondary N) is 1. The number of fused-ring (bicyclic) bond motifs is 2. The van der Waals surface area contributed by atoms with Gasteiger partial charge in [0.1, 0.15) is 12.4 Å². The van der Waals surface area contributed by atoms with E-state index in [9.17, 15) is 9.90 Å². The van der Waals surface area contributed by atoms with Gasteiger partial charge in [0.15, 0.2) is 12.1 Å². The first-order valence-corrected chi connectivity index (χ1v) is 10.4. The Hall–Kier alpha value is -3.68. The van der Waals surface area contributed by atoms with E-state index in [4.69, 9.17) is 4.74 Å². The van der Waals surface area contributed by atoms with Gasteiger partial charge < -0.3 is 19.7 Å². The monoisotopic (exact) mass is 427 g/mol. The summed E-state index contributed by atoms with van der Waals surface area (Å²) < 4.78 is 5.87. The van der Waals surface area contributed by atoms with E-state index in [1.807, 2.05) is 43.3 Å². The average molecular weight is 427 g/mol. The molecular weight excluding hydrogens is 404 g/mol. The molecule has 0 saturated heterocycles. The van der Waals surface area contributed by atoms with Crippen molar-refractivity contribution in [3.63, 3.8) is 0 Å². The second-order valence-electron chi connectivity index (χ2n) is 8.09. The van der Waals surface area contributed by atoms with Gasteiger partial charge in [-0.3, -0.25) is 9.69 Å². The zero-order chi connectivity index (χ0) is 22.3. The Balaban J connectivity index is 1.61. The molecule has 1 aliphatic heterocycles. The minimum absolute atomic E-state index is 0.276. The Bertz CT molecular complexity index is 1300. The molecule has 1 atom stereocenters. The number of nitrogens with zero attached hydrogens (tertiary/aromatic N) is 3. The standard InChI is InChI=1S/C25H23N4O3/c1-28(2)12-13-32-19-7-5-6-18(15-19)29-24(30)20-8-3-4-9-21(20)25(29,31)17-10-11-22-23(14-17)27-16-26-22/h3-11,14-15,31H,12-13H2,1-2H3,(H,26,27). The van der Waals surface area contributed by atoms with Crippen molar-refractivity contribution in [2.45, 2.75) is 5.72 Å². The molecule has 1 aromatic heterocycles. The number of aliphatic hydroxyl groups is 1. The number of hydrogen-bond acceptors (Lipinski definition) is 5. The molecular formula is C25H23N4O3. The first kappa shape index (κ1) is 20.2. The second kappa shape index (κ2) is 7.78. The predicted octanol–water partition coefficient (Wildman–Crippen LogP) is 3.16. The number of imidazole rings is 1. The lowest BCUT2D eigenvalue weighted by atomic mass is 9.93. The maximum absolute atomic E-state index is 13.5. The van der Waals surface area contributed by atoms with Crippen molar-refractivity contribution >= 4 is 22.6 Å². The van der Waals surface area contributed by atoms with E-state index in [0.717, 1.165) is 12.1 Å². The predicted molar refractivity (Wildman–Crippen MR) is 122 cm³/mol. The molecule has 161 valence electrons. The van der Waals surface area contributed by atoms with Crippen LogP contribution in [0.1, 0.15) is 21.5 Å². The van der Waals surface area contributed by atoms with Gasteiger partial charge in [-0.25, -0.2) is 4.98 Å². The van der Waals surface area contributed by atoms with Gasteiger partial charge in [0.25, 0.3) is 5.91 Å². The molecule has 1 amide bonds. The van der Waals surface area contributed by atoms with Crippen LogP contribution in [-0.2, 0) is 5.72 Å². The van der Waals surface area contributed by atoms with Crippen LogP contribution < -0.4 is 9.64 Å². The average Bonchev–Trinajstić information content (AvgIpc) is 3.35. The Morgan fingerprint density at radius 2 is 1.97 bits per heavy atom. The lowest BCUT2D eigenvalue weighted by Gasteiger charge is -2.35. The maximum atomic E-state index is 13.5. The van der Waals surface area contributed by atoms with Crippen molar-refractivity contribution < 1.29 is 14.6 Å². The molecule has 2 heterocycles. The van der Waals surface area contributed by atoms with Crippen LogP contribution in [0.5, 0.6) is 5.75 Å². The summed E-state index contributed by atoms with van der Waals surface area (Å²) in [5, 5.41) is 12.1. The highest BCUT2D eigenvalue weighted by atomic mass is 16.5. The summed E-state index contributed by atoms with van der Waals surface area (Å²) in [6, 6.07) is 19.8. The normalized spacial score (nSPS) is 17.9. The largest absolute Gasteiger partial charge is 0.492 e. The third kappa shape index (κ3) is 3.23. The molecule has 1 radical (unpaired) electrons. The van der Waals surface area contributed by atoms with E-state index in [0.29, 0.717) is 40.3 Å². The van der Waals surface area contributed by atoms with Crippen LogP contribution in [0.25, 0.3) is 11.0 Å². The van der Waals surface area contributed by atoms with Crippen molar-refractivity contribution in [3.8, 4) is 5.75 Å². The number of H-pyrrole nitrogens is 1. The summed E-state index contributed by atoms with van der Waals surface area (Å²) in [7, 11) is 3.96. The van der Waals surface area contributed by atoms with E-state index in [-0.39, 0.29) is 5.91 Å². The van der Waals surface area contributed by atoms with Gasteiger partial charge in [-0.15, -0.1) is 0 Å². The smallest absolute Gasteiger partial charge is 0.261 e. The fraction of sp³-hybridized carbons (Fsp3) is 0.200. The third-order valence-electron chi connectivity index (χ3n) is 5.71. The number of carbonyl (C=O) groups excluding carboxylic acids is 1. The van der Waals surface area contributed by atoms with Crippen LogP contribution in [0.3, 0.4) is 0 Å². The minimum Gasteiger partial charge on any atom is -0.492 e. The van der Waals surface area contributed by atoms with Gasteiger partial charge in [-0.05, 0) is 44.4 Å². The quantitative estimate of drug-likeness (QED) is 0.494. The van der Waals surface area contributed by atoms with Gasteiger partial charge in [-0.2, -0.15) is 0 Å². The van der Waals surface area contributed by atoms with Crippen LogP contribution >= 0.6 is 0 Å². The van der Waals surface area contributed by atoms with Gasteiger partial charge in [0, 0.05) is 29.3 Å². The molecule has 0 bridgehead atoms. The van der Waals surface area contributed by atoms with Crippen molar-refractivity contribution in [2.24, 2.45) is 0 Å². The van der Waals surface area contributed by atoms with Crippen molar-refractivity contribution in [2.75, 3.05) is 32.1 Å². The topological polar surface area (TPSA) is 81.7 Å². The van der Waals surface area contributed by atoms with Crippen LogP contribution in [0.15, 0.2) is 66.7 Å². The number of rotatable bonds is 6. The van der Waals surface area contributed by atoms with Crippen molar-refractivity contribution in [3.05, 3.63) is 89.7 Å². The molecule has 5 rings (SSSR count). The summed E-state index contributed by atoms with van der Waals surface area (Å²) in [5.41, 5.74) is 1.85. The molecule has 1 aliphatic rings. The van der Waals surface area contributed by atoms with Crippen molar-refractivity contribution in [1.82, 2.24) is 14.9 Å². The highest BCUT2D eigenvalue weighted by molar-refractivity contribution is 6.12. The third-order valence-corrected chi connectivity index (χ3v) is 5.71. The number of likely N-dealkylation sites (N-methyl/N-ethyl adjacent to an activating group) is 1. The second-order valence-corrected chi connectivity index (χ2v) is 8.09. The van der Waals surface area contributed by atoms with E-state index in [2.05, 4.69) is 16.3 Å². The summed E-state index contributed by atoms with van der Waals surface area (Å²) in [5.74, 6) is 0.357. The number of hydrogen-bond donors (Lipinski definition) is 2. The van der Waals surface area contributed by atoms with Gasteiger partial charge in [-0.1, -0.05) is 30.3 Å². The van der Waals surface area contributed by atoms with E-state index < -0.39 is 5.72 Å². The van der Waals surface area contributed by atoms with E-state index >= 15 is 0 Å². The molecule has 0 aliphatic carbocycles. The Morgan fingerprint density at radius 3 is 2.81 bits per heavy atom. The molecule has 1 unspecified atom stereocenters. The minimum atomic E-state index is -1.69. The number of anilines is 1. The molecule has 2 N–H and O–H groups in total. The maximum Gasteiger partial charge on any atom is 0.261 e. The Morgan fingerprint density at radius 1 is 1.12 bits per heavy atom. The molecule has 7 heteroatoms. The Kier molecular flexibility index (Phi) is 4.92. The highest BCUT2D eigenvalue weighted by Gasteiger charge is 2.50. The van der Waals surface area contributed by atoms with E-state index in [1.165, 1.54) is 4.90 Å². The lowest BCUT2D eigenvalue weighted by molar-refractivity contribution is 0.0704. The zero-order valence-corrected chi connectivity index (χ0v) is 17.9. The number of aromatic nitrogens is 2. The SMILES string of the molecule is CN(C)CCOc1cccc(N2C(=O)c3ccccc3C2(O)c2ccc3[nH][c]nc3c2)c1. The number of amides is 1. The van der Waals surface area contributed by atoms with Crippen LogP contribution in [0.2, 0.25) is 0 Å². The molecule has 4 aromatic rings.